The zero-order chi connectivity index (χ0) is 13.8. The molecule has 0 fully saturated rings. The topological polar surface area (TPSA) is 12.0 Å². The summed E-state index contributed by atoms with van der Waals surface area (Å²) in [5.41, 5.74) is 1.05. The molecule has 102 valence electrons. The molecule has 0 aliphatic heterocycles. The first kappa shape index (κ1) is 15.3. The van der Waals surface area contributed by atoms with Crippen molar-refractivity contribution in [3.05, 3.63) is 54.6 Å². The zero-order valence-corrected chi connectivity index (χ0v) is 14.3. The largest absolute Gasteiger partial charge is 0.310 e. The van der Waals surface area contributed by atoms with Gasteiger partial charge in [0.25, 0.3) is 0 Å². The Balaban J connectivity index is 2.29. The summed E-state index contributed by atoms with van der Waals surface area (Å²) in [6, 6.07) is 8.03. The molecule has 2 aromatic rings. The molecule has 1 atom stereocenters. The average molecular weight is 379 g/mol. The number of benzene rings is 1. The maximum atomic E-state index is 6.32. The summed E-state index contributed by atoms with van der Waals surface area (Å²) in [6.45, 7) is 2.98. The summed E-state index contributed by atoms with van der Waals surface area (Å²) < 4.78 is 1.15. The minimum absolute atomic E-state index is 0.172. The van der Waals surface area contributed by atoms with E-state index in [1.54, 1.807) is 11.3 Å². The highest BCUT2D eigenvalue weighted by molar-refractivity contribution is 9.10. The Morgan fingerprint density at radius 2 is 2.11 bits per heavy atom. The van der Waals surface area contributed by atoms with E-state index in [1.165, 1.54) is 4.88 Å². The Hall–Kier alpha value is -0.0600. The fourth-order valence-electron chi connectivity index (χ4n) is 1.98. The van der Waals surface area contributed by atoms with Gasteiger partial charge in [-0.1, -0.05) is 42.3 Å². The van der Waals surface area contributed by atoms with Gasteiger partial charge in [-0.2, -0.15) is 0 Å². The summed E-state index contributed by atoms with van der Waals surface area (Å²) in [4.78, 5) is 1.31. The van der Waals surface area contributed by atoms with E-state index in [4.69, 9.17) is 23.2 Å². The third-order valence-electron chi connectivity index (χ3n) is 2.89. The van der Waals surface area contributed by atoms with Gasteiger partial charge in [0.2, 0.25) is 0 Å². The van der Waals surface area contributed by atoms with Crippen molar-refractivity contribution in [1.29, 1.82) is 0 Å². The standard InChI is InChI=1S/C14H14BrCl2NS/c1-2-18-12(8-13-10(15)6-7-19-13)9-4-3-5-11(16)14(9)17/h3-7,12,18H,2,8H2,1H3. The van der Waals surface area contributed by atoms with Gasteiger partial charge < -0.3 is 5.32 Å². The summed E-state index contributed by atoms with van der Waals surface area (Å²) in [6.07, 6.45) is 0.895. The van der Waals surface area contributed by atoms with E-state index in [2.05, 4.69) is 39.6 Å². The molecule has 5 heteroatoms. The predicted molar refractivity (Wildman–Crippen MR) is 88.6 cm³/mol. The van der Waals surface area contributed by atoms with E-state index in [1.807, 2.05) is 18.2 Å². The lowest BCUT2D eigenvalue weighted by Crippen LogP contribution is -2.23. The quantitative estimate of drug-likeness (QED) is 0.702. The second-order valence-corrected chi connectivity index (χ2v) is 6.79. The first-order valence-corrected chi connectivity index (χ1v) is 8.45. The van der Waals surface area contributed by atoms with Crippen LogP contribution in [0.15, 0.2) is 34.1 Å². The van der Waals surface area contributed by atoms with Gasteiger partial charge in [0.15, 0.2) is 0 Å². The monoisotopic (exact) mass is 377 g/mol. The lowest BCUT2D eigenvalue weighted by molar-refractivity contribution is 0.553. The van der Waals surface area contributed by atoms with Crippen molar-refractivity contribution >= 4 is 50.5 Å². The maximum Gasteiger partial charge on any atom is 0.0640 e. The van der Waals surface area contributed by atoms with Gasteiger partial charge in [-0.3, -0.25) is 0 Å². The Bertz CT molecular complexity index is 556. The van der Waals surface area contributed by atoms with Crippen molar-refractivity contribution in [1.82, 2.24) is 5.32 Å². The fourth-order valence-corrected chi connectivity index (χ4v) is 3.99. The first-order valence-electron chi connectivity index (χ1n) is 6.02. The van der Waals surface area contributed by atoms with Gasteiger partial charge in [-0.25, -0.2) is 0 Å². The molecule has 0 saturated carbocycles. The first-order chi connectivity index (χ1) is 9.13. The molecule has 0 radical (unpaired) electrons. The number of nitrogens with one attached hydrogen (secondary N) is 1. The second-order valence-electron chi connectivity index (χ2n) is 4.15. The van der Waals surface area contributed by atoms with Crippen LogP contribution in [0.4, 0.5) is 0 Å². The van der Waals surface area contributed by atoms with Gasteiger partial charge >= 0.3 is 0 Å². The Morgan fingerprint density at radius 1 is 1.32 bits per heavy atom. The number of hydrogen-bond acceptors (Lipinski definition) is 2. The van der Waals surface area contributed by atoms with Crippen LogP contribution in [0.1, 0.15) is 23.4 Å². The molecule has 1 aromatic carbocycles. The highest BCUT2D eigenvalue weighted by Crippen LogP contribution is 2.34. The molecule has 0 bridgehead atoms. The van der Waals surface area contributed by atoms with Crippen LogP contribution < -0.4 is 5.32 Å². The van der Waals surface area contributed by atoms with Crippen LogP contribution >= 0.6 is 50.5 Å². The molecular weight excluding hydrogens is 365 g/mol. The normalized spacial score (nSPS) is 12.6. The Labute approximate surface area is 136 Å². The van der Waals surface area contributed by atoms with Crippen molar-refractivity contribution < 1.29 is 0 Å². The Morgan fingerprint density at radius 3 is 2.74 bits per heavy atom. The predicted octanol–water partition coefficient (Wildman–Crippen LogP) is 5.71. The van der Waals surface area contributed by atoms with Crippen LogP contribution in [-0.4, -0.2) is 6.54 Å². The average Bonchev–Trinajstić information content (AvgIpc) is 2.78. The van der Waals surface area contributed by atoms with Crippen LogP contribution in [0, 0.1) is 0 Å². The molecule has 0 saturated heterocycles. The van der Waals surface area contributed by atoms with E-state index in [-0.39, 0.29) is 6.04 Å². The SMILES string of the molecule is CCNC(Cc1sccc1Br)c1cccc(Cl)c1Cl. The van der Waals surface area contributed by atoms with E-state index in [9.17, 15) is 0 Å². The molecule has 1 nitrogen and oxygen atoms in total. The van der Waals surface area contributed by atoms with Crippen molar-refractivity contribution in [2.24, 2.45) is 0 Å². The zero-order valence-electron chi connectivity index (χ0n) is 10.4. The molecule has 0 aliphatic carbocycles. The van der Waals surface area contributed by atoms with Gasteiger partial charge in [0, 0.05) is 21.8 Å². The molecule has 1 aromatic heterocycles. The molecule has 1 unspecified atom stereocenters. The van der Waals surface area contributed by atoms with Crippen LogP contribution in [0.3, 0.4) is 0 Å². The minimum Gasteiger partial charge on any atom is -0.310 e. The van der Waals surface area contributed by atoms with Gasteiger partial charge in [0.05, 0.1) is 10.0 Å². The van der Waals surface area contributed by atoms with E-state index in [0.717, 1.165) is 23.0 Å². The highest BCUT2D eigenvalue weighted by atomic mass is 79.9. The van der Waals surface area contributed by atoms with Crippen molar-refractivity contribution in [3.63, 3.8) is 0 Å². The smallest absolute Gasteiger partial charge is 0.0640 e. The summed E-state index contributed by atoms with van der Waals surface area (Å²) >= 11 is 17.7. The summed E-state index contributed by atoms with van der Waals surface area (Å²) in [5, 5.41) is 6.81. The molecule has 0 aliphatic rings. The number of thiophene rings is 1. The molecule has 0 amide bonds. The number of likely N-dealkylation sites (N-methyl/N-ethyl adjacent to an activating group) is 1. The lowest BCUT2D eigenvalue weighted by atomic mass is 10.0. The summed E-state index contributed by atoms with van der Waals surface area (Å²) in [7, 11) is 0. The van der Waals surface area contributed by atoms with Crippen LogP contribution in [0.5, 0.6) is 0 Å². The molecule has 0 spiro atoms. The van der Waals surface area contributed by atoms with Crippen LogP contribution in [0.2, 0.25) is 10.0 Å². The van der Waals surface area contributed by atoms with Gasteiger partial charge in [-0.15, -0.1) is 11.3 Å². The highest BCUT2D eigenvalue weighted by Gasteiger charge is 2.17. The van der Waals surface area contributed by atoms with E-state index in [0.29, 0.717) is 10.0 Å². The lowest BCUT2D eigenvalue weighted by Gasteiger charge is -2.19. The van der Waals surface area contributed by atoms with Crippen molar-refractivity contribution in [3.8, 4) is 0 Å². The van der Waals surface area contributed by atoms with E-state index >= 15 is 0 Å². The number of halogens is 3. The third kappa shape index (κ3) is 3.73. The molecule has 1 heterocycles. The third-order valence-corrected chi connectivity index (χ3v) is 5.67. The maximum absolute atomic E-state index is 6.32. The number of hydrogen-bond donors (Lipinski definition) is 1. The van der Waals surface area contributed by atoms with Crippen LogP contribution in [-0.2, 0) is 6.42 Å². The second kappa shape index (κ2) is 7.09. The van der Waals surface area contributed by atoms with Gasteiger partial charge in [0.1, 0.15) is 0 Å². The number of rotatable bonds is 5. The Kier molecular flexibility index (Phi) is 5.72. The molecule has 19 heavy (non-hydrogen) atoms. The molecule has 2 rings (SSSR count). The minimum atomic E-state index is 0.172. The fraction of sp³-hybridized carbons (Fsp3) is 0.286. The molecule has 1 N–H and O–H groups in total. The van der Waals surface area contributed by atoms with Gasteiger partial charge in [-0.05, 0) is 45.6 Å². The molecular formula is C14H14BrCl2NS. The van der Waals surface area contributed by atoms with Crippen molar-refractivity contribution in [2.75, 3.05) is 6.54 Å². The van der Waals surface area contributed by atoms with E-state index < -0.39 is 0 Å². The van der Waals surface area contributed by atoms with Crippen molar-refractivity contribution in [2.45, 2.75) is 19.4 Å². The van der Waals surface area contributed by atoms with Crippen LogP contribution in [0.25, 0.3) is 0 Å². The summed E-state index contributed by atoms with van der Waals surface area (Å²) in [5.74, 6) is 0.